The summed E-state index contributed by atoms with van der Waals surface area (Å²) in [6, 6.07) is 60.4. The van der Waals surface area contributed by atoms with E-state index in [0.29, 0.717) is 0 Å². The van der Waals surface area contributed by atoms with Gasteiger partial charge in [0, 0.05) is 39.5 Å². The maximum atomic E-state index is 2.50. The lowest BCUT2D eigenvalue weighted by molar-refractivity contribution is 1.26. The fourth-order valence-electron chi connectivity index (χ4n) is 7.82. The second kappa shape index (κ2) is 9.35. The van der Waals surface area contributed by atoms with Gasteiger partial charge in [-0.2, -0.15) is 0 Å². The van der Waals surface area contributed by atoms with Gasteiger partial charge in [-0.15, -0.1) is 0 Å². The molecule has 0 spiro atoms. The van der Waals surface area contributed by atoms with Crippen molar-refractivity contribution < 1.29 is 0 Å². The Labute approximate surface area is 262 Å². The average molecular weight is 571 g/mol. The first kappa shape index (κ1) is 24.6. The number of hydrogen-bond donors (Lipinski definition) is 0. The van der Waals surface area contributed by atoms with E-state index in [0.717, 1.165) is 0 Å². The van der Waals surface area contributed by atoms with E-state index < -0.39 is 0 Å². The van der Waals surface area contributed by atoms with Gasteiger partial charge in [0.2, 0.25) is 0 Å². The molecular weight excluding hydrogens is 543 g/mol. The molecule has 0 aromatic heterocycles. The van der Waals surface area contributed by atoms with Crippen LogP contribution in [-0.2, 0) is 0 Å². The minimum absolute atomic E-state index is 0.0899. The number of nitrogens with zero attached hydrogens (tertiary/aromatic N) is 2. The highest BCUT2D eigenvalue weighted by atomic mass is 15.2. The summed E-state index contributed by atoms with van der Waals surface area (Å²) >= 11 is 0. The van der Waals surface area contributed by atoms with E-state index in [9.17, 15) is 0 Å². The van der Waals surface area contributed by atoms with Crippen LogP contribution in [0.25, 0.3) is 32.3 Å². The quantitative estimate of drug-likeness (QED) is 0.191. The van der Waals surface area contributed by atoms with Crippen molar-refractivity contribution in [2.75, 3.05) is 9.80 Å². The van der Waals surface area contributed by atoms with Crippen molar-refractivity contribution in [3.8, 4) is 0 Å². The molecule has 0 amide bonds. The van der Waals surface area contributed by atoms with E-state index >= 15 is 0 Å². The predicted molar refractivity (Wildman–Crippen MR) is 193 cm³/mol. The first-order chi connectivity index (χ1) is 22.3. The van der Waals surface area contributed by atoms with Crippen molar-refractivity contribution in [3.05, 3.63) is 164 Å². The summed E-state index contributed by atoms with van der Waals surface area (Å²) < 4.78 is 0. The number of fused-ring (bicyclic) bond motifs is 8. The van der Waals surface area contributed by atoms with Crippen LogP contribution in [0.2, 0.25) is 0 Å². The van der Waals surface area contributed by atoms with Crippen molar-refractivity contribution in [3.63, 3.8) is 0 Å². The van der Waals surface area contributed by atoms with Gasteiger partial charge >= 0.3 is 0 Å². The van der Waals surface area contributed by atoms with E-state index in [1.807, 2.05) is 0 Å². The van der Waals surface area contributed by atoms with Crippen molar-refractivity contribution >= 4 is 89.5 Å². The molecule has 208 valence electrons. The normalized spacial score (nSPS) is 13.2. The molecule has 0 N–H and O–H groups in total. The molecule has 2 aliphatic rings. The number of anilines is 6. The number of para-hydroxylation sites is 1. The molecule has 0 radical (unpaired) electrons. The molecule has 8 aromatic rings. The topological polar surface area (TPSA) is 6.48 Å². The zero-order valence-electron chi connectivity index (χ0n) is 24.6. The lowest BCUT2D eigenvalue weighted by atomic mass is 9.33. The van der Waals surface area contributed by atoms with Gasteiger partial charge in [-0.3, -0.25) is 0 Å². The predicted octanol–water partition coefficient (Wildman–Crippen LogP) is 9.23. The van der Waals surface area contributed by atoms with Gasteiger partial charge in [0.25, 0.3) is 6.71 Å². The summed E-state index contributed by atoms with van der Waals surface area (Å²) in [5.41, 5.74) is 11.3. The van der Waals surface area contributed by atoms with Crippen LogP contribution >= 0.6 is 0 Å². The van der Waals surface area contributed by atoms with Gasteiger partial charge in [-0.1, -0.05) is 121 Å². The second-order valence-corrected chi connectivity index (χ2v) is 12.2. The molecule has 8 aromatic carbocycles. The molecule has 2 aliphatic heterocycles. The van der Waals surface area contributed by atoms with Crippen LogP contribution in [0.4, 0.5) is 34.1 Å². The molecule has 0 aliphatic carbocycles. The fourth-order valence-corrected chi connectivity index (χ4v) is 7.82. The zero-order valence-corrected chi connectivity index (χ0v) is 24.6. The summed E-state index contributed by atoms with van der Waals surface area (Å²) in [4.78, 5) is 5.00. The molecule has 2 nitrogen and oxygen atoms in total. The van der Waals surface area contributed by atoms with Gasteiger partial charge < -0.3 is 9.80 Å². The number of hydrogen-bond acceptors (Lipinski definition) is 2. The Bertz CT molecular complexity index is 2470. The monoisotopic (exact) mass is 570 g/mol. The zero-order chi connectivity index (χ0) is 29.5. The lowest BCUT2D eigenvalue weighted by Gasteiger charge is -2.44. The van der Waals surface area contributed by atoms with Crippen molar-refractivity contribution in [1.82, 2.24) is 0 Å². The summed E-state index contributed by atoms with van der Waals surface area (Å²) in [5.74, 6) is 0. The maximum Gasteiger partial charge on any atom is 0.252 e. The third kappa shape index (κ3) is 3.52. The van der Waals surface area contributed by atoms with E-state index in [-0.39, 0.29) is 6.71 Å². The fraction of sp³-hybridized carbons (Fsp3) is 0. The van der Waals surface area contributed by atoms with Crippen molar-refractivity contribution in [2.45, 2.75) is 0 Å². The molecule has 0 saturated carbocycles. The van der Waals surface area contributed by atoms with Gasteiger partial charge in [-0.05, 0) is 85.8 Å². The Morgan fingerprint density at radius 3 is 1.78 bits per heavy atom. The van der Waals surface area contributed by atoms with Crippen LogP contribution in [0, 0.1) is 0 Å². The van der Waals surface area contributed by atoms with Crippen LogP contribution in [0.3, 0.4) is 0 Å². The Morgan fingerprint density at radius 1 is 0.356 bits per heavy atom. The molecular formula is C42H27BN2. The average Bonchev–Trinajstić information content (AvgIpc) is 3.11. The highest BCUT2D eigenvalue weighted by molar-refractivity contribution is 7.00. The first-order valence-corrected chi connectivity index (χ1v) is 15.6. The lowest BCUT2D eigenvalue weighted by Crippen LogP contribution is -2.61. The van der Waals surface area contributed by atoms with Crippen LogP contribution in [0.15, 0.2) is 164 Å². The highest BCUT2D eigenvalue weighted by Gasteiger charge is 2.43. The van der Waals surface area contributed by atoms with Crippen molar-refractivity contribution in [2.24, 2.45) is 0 Å². The van der Waals surface area contributed by atoms with E-state index in [2.05, 4.69) is 174 Å². The maximum absolute atomic E-state index is 2.50. The molecule has 3 heteroatoms. The van der Waals surface area contributed by atoms with Crippen LogP contribution in [-0.4, -0.2) is 6.71 Å². The molecule has 45 heavy (non-hydrogen) atoms. The molecule has 0 fully saturated rings. The van der Waals surface area contributed by atoms with Crippen LogP contribution in [0.1, 0.15) is 0 Å². The minimum Gasteiger partial charge on any atom is -0.311 e. The second-order valence-electron chi connectivity index (χ2n) is 12.2. The summed E-state index contributed by atoms with van der Waals surface area (Å²) in [6.45, 7) is 0.0899. The molecule has 0 bridgehead atoms. The smallest absolute Gasteiger partial charge is 0.252 e. The van der Waals surface area contributed by atoms with Gasteiger partial charge in [-0.25, -0.2) is 0 Å². The highest BCUT2D eigenvalue weighted by Crippen LogP contribution is 2.46. The van der Waals surface area contributed by atoms with Crippen LogP contribution < -0.4 is 26.2 Å². The Balaban J connectivity index is 1.34. The SMILES string of the molecule is c1ccc(N2c3cccc4c3B(c3cc5ccccc5cc3N4c3ccc4ccccc4c3)c3ccc4ccccc4c32)cc1. The minimum atomic E-state index is 0.0899. The largest absolute Gasteiger partial charge is 0.311 e. The van der Waals surface area contributed by atoms with E-state index in [1.54, 1.807) is 0 Å². The summed E-state index contributed by atoms with van der Waals surface area (Å²) in [6.07, 6.45) is 0. The van der Waals surface area contributed by atoms with Gasteiger partial charge in [0.15, 0.2) is 0 Å². The molecule has 0 saturated heterocycles. The van der Waals surface area contributed by atoms with Crippen molar-refractivity contribution in [1.29, 1.82) is 0 Å². The van der Waals surface area contributed by atoms with E-state index in [4.69, 9.17) is 0 Å². The summed E-state index contributed by atoms with van der Waals surface area (Å²) in [5, 5.41) is 7.54. The Morgan fingerprint density at radius 2 is 0.978 bits per heavy atom. The van der Waals surface area contributed by atoms with Gasteiger partial charge in [0.05, 0.1) is 0 Å². The first-order valence-electron chi connectivity index (χ1n) is 15.6. The van der Waals surface area contributed by atoms with Crippen LogP contribution in [0.5, 0.6) is 0 Å². The third-order valence-corrected chi connectivity index (χ3v) is 9.75. The standard InChI is InChI=1S/C42H27BN2/c1-2-16-33(17-3-1)45-39-20-10-19-38-41(39)43(36-24-22-29-12-8-9-18-35(29)42(36)45)37-26-31-14-6-7-15-32(31)27-40(37)44(38)34-23-21-28-11-4-5-13-30(28)25-34/h1-27H. The third-order valence-electron chi connectivity index (χ3n) is 9.75. The number of rotatable bonds is 2. The Hall–Kier alpha value is -5.80. The molecule has 10 rings (SSSR count). The molecule has 0 unspecified atom stereocenters. The number of benzene rings is 8. The molecule has 0 atom stereocenters. The summed E-state index contributed by atoms with van der Waals surface area (Å²) in [7, 11) is 0. The van der Waals surface area contributed by atoms with Gasteiger partial charge in [0.1, 0.15) is 0 Å². The Kier molecular flexibility index (Phi) is 5.12. The molecule has 2 heterocycles. The van der Waals surface area contributed by atoms with E-state index in [1.165, 1.54) is 82.8 Å².